The number of guanidine groups is 1. The van der Waals surface area contributed by atoms with Gasteiger partial charge in [0.15, 0.2) is 5.96 Å². The molecule has 1 aliphatic carbocycles. The summed E-state index contributed by atoms with van der Waals surface area (Å²) in [6.45, 7) is 7.02. The molecular formula is C19H36N4O. The quantitative estimate of drug-likeness (QED) is 0.579. The molecule has 5 nitrogen and oxygen atoms in total. The summed E-state index contributed by atoms with van der Waals surface area (Å²) in [4.78, 5) is 18.7. The molecule has 1 saturated carbocycles. The highest BCUT2D eigenvalue weighted by atomic mass is 16.2. The van der Waals surface area contributed by atoms with E-state index in [1.807, 2.05) is 4.90 Å². The molecule has 0 spiro atoms. The van der Waals surface area contributed by atoms with Gasteiger partial charge in [-0.15, -0.1) is 0 Å². The van der Waals surface area contributed by atoms with Crippen molar-refractivity contribution in [3.8, 4) is 0 Å². The fraction of sp³-hybridized carbons (Fsp3) is 0.895. The lowest BCUT2D eigenvalue weighted by Crippen LogP contribution is -2.45. The van der Waals surface area contributed by atoms with Crippen LogP contribution in [0.25, 0.3) is 0 Å². The summed E-state index contributed by atoms with van der Waals surface area (Å²) in [5.74, 6) is 1.10. The van der Waals surface area contributed by atoms with E-state index in [1.54, 1.807) is 7.05 Å². The minimum atomic E-state index is 0.269. The van der Waals surface area contributed by atoms with Crippen LogP contribution in [-0.4, -0.2) is 49.5 Å². The molecule has 1 saturated heterocycles. The largest absolute Gasteiger partial charge is 0.356 e. The Bertz CT molecular complexity index is 429. The number of nitrogens with one attached hydrogen (secondary N) is 2. The van der Waals surface area contributed by atoms with Crippen LogP contribution >= 0.6 is 0 Å². The van der Waals surface area contributed by atoms with Crippen LogP contribution in [-0.2, 0) is 4.79 Å². The Morgan fingerprint density at radius 2 is 1.96 bits per heavy atom. The molecule has 2 N–H and O–H groups in total. The Kier molecular flexibility index (Phi) is 7.38. The van der Waals surface area contributed by atoms with Gasteiger partial charge in [-0.1, -0.05) is 19.8 Å². The van der Waals surface area contributed by atoms with Crippen LogP contribution in [0.15, 0.2) is 4.99 Å². The lowest BCUT2D eigenvalue weighted by Gasteiger charge is -2.33. The lowest BCUT2D eigenvalue weighted by atomic mass is 9.83. The van der Waals surface area contributed by atoms with Crippen LogP contribution in [0.4, 0.5) is 0 Å². The number of likely N-dealkylation sites (tertiary alicyclic amines) is 1. The summed E-state index contributed by atoms with van der Waals surface area (Å²) in [6.07, 6.45) is 10.6. The normalized spacial score (nSPS) is 24.0. The zero-order chi connectivity index (χ0) is 17.4. The molecule has 0 aromatic carbocycles. The van der Waals surface area contributed by atoms with Crippen LogP contribution in [0.2, 0.25) is 0 Å². The van der Waals surface area contributed by atoms with Crippen molar-refractivity contribution in [2.75, 3.05) is 26.7 Å². The van der Waals surface area contributed by atoms with Crippen LogP contribution in [0.1, 0.15) is 71.6 Å². The molecule has 24 heavy (non-hydrogen) atoms. The highest BCUT2D eigenvalue weighted by Crippen LogP contribution is 2.40. The Balaban J connectivity index is 1.70. The molecule has 0 radical (unpaired) electrons. The van der Waals surface area contributed by atoms with E-state index < -0.39 is 0 Å². The topological polar surface area (TPSA) is 56.7 Å². The first-order valence-corrected chi connectivity index (χ1v) is 9.84. The third-order valence-electron chi connectivity index (χ3n) is 6.02. The van der Waals surface area contributed by atoms with E-state index in [1.165, 1.54) is 38.5 Å². The Labute approximate surface area is 147 Å². The molecule has 2 fully saturated rings. The third-order valence-corrected chi connectivity index (χ3v) is 6.02. The number of nitrogens with zero attached hydrogens (tertiary/aromatic N) is 2. The average Bonchev–Trinajstić information content (AvgIpc) is 3.07. The van der Waals surface area contributed by atoms with Gasteiger partial charge in [-0.3, -0.25) is 9.79 Å². The maximum atomic E-state index is 12.4. The zero-order valence-corrected chi connectivity index (χ0v) is 15.9. The van der Waals surface area contributed by atoms with Crippen LogP contribution in [0, 0.1) is 5.41 Å². The van der Waals surface area contributed by atoms with Gasteiger partial charge < -0.3 is 15.5 Å². The molecule has 138 valence electrons. The van der Waals surface area contributed by atoms with Gasteiger partial charge in [-0.25, -0.2) is 0 Å². The van der Waals surface area contributed by atoms with E-state index >= 15 is 0 Å². The minimum Gasteiger partial charge on any atom is -0.356 e. The first kappa shape index (κ1) is 19.1. The molecule has 1 heterocycles. The van der Waals surface area contributed by atoms with Crippen molar-refractivity contribution in [1.82, 2.24) is 15.5 Å². The molecule has 0 aromatic rings. The van der Waals surface area contributed by atoms with Gasteiger partial charge in [0, 0.05) is 39.1 Å². The van der Waals surface area contributed by atoms with E-state index in [2.05, 4.69) is 29.5 Å². The summed E-state index contributed by atoms with van der Waals surface area (Å²) in [6, 6.07) is 0.399. The standard InChI is InChI=1S/C19H36N4O/c1-4-19(11-6-7-12-19)15-22-18(20-3)21-13-10-17(24)23-14-8-5-9-16(23)2/h16H,4-15H2,1-3H3,(H2,20,21,22). The second-order valence-electron chi connectivity index (χ2n) is 7.60. The molecule has 2 rings (SSSR count). The van der Waals surface area contributed by atoms with Crippen molar-refractivity contribution in [2.45, 2.75) is 77.7 Å². The first-order chi connectivity index (χ1) is 11.6. The monoisotopic (exact) mass is 336 g/mol. The highest BCUT2D eigenvalue weighted by molar-refractivity contribution is 5.81. The predicted octanol–water partition coefficient (Wildman–Crippen LogP) is 2.91. The van der Waals surface area contributed by atoms with Crippen molar-refractivity contribution in [3.05, 3.63) is 0 Å². The average molecular weight is 337 g/mol. The number of hydrogen-bond donors (Lipinski definition) is 2. The van der Waals surface area contributed by atoms with Gasteiger partial charge >= 0.3 is 0 Å². The number of piperidine rings is 1. The van der Waals surface area contributed by atoms with Crippen LogP contribution in [0.3, 0.4) is 0 Å². The van der Waals surface area contributed by atoms with Gasteiger partial charge in [-0.2, -0.15) is 0 Å². The number of rotatable bonds is 6. The lowest BCUT2D eigenvalue weighted by molar-refractivity contribution is -0.134. The van der Waals surface area contributed by atoms with Gasteiger partial charge in [0.2, 0.25) is 5.91 Å². The second kappa shape index (κ2) is 9.28. The number of hydrogen-bond acceptors (Lipinski definition) is 2. The Morgan fingerprint density at radius 3 is 2.58 bits per heavy atom. The van der Waals surface area contributed by atoms with Crippen molar-refractivity contribution < 1.29 is 4.79 Å². The summed E-state index contributed by atoms with van der Waals surface area (Å²) >= 11 is 0. The maximum Gasteiger partial charge on any atom is 0.224 e. The van der Waals surface area contributed by atoms with Crippen molar-refractivity contribution in [3.63, 3.8) is 0 Å². The van der Waals surface area contributed by atoms with Crippen molar-refractivity contribution in [2.24, 2.45) is 10.4 Å². The first-order valence-electron chi connectivity index (χ1n) is 9.84. The molecule has 2 aliphatic rings. The molecule has 5 heteroatoms. The van der Waals surface area contributed by atoms with E-state index in [0.29, 0.717) is 24.4 Å². The molecule has 0 bridgehead atoms. The highest BCUT2D eigenvalue weighted by Gasteiger charge is 2.31. The molecule has 1 unspecified atom stereocenters. The van der Waals surface area contributed by atoms with Crippen LogP contribution in [0.5, 0.6) is 0 Å². The predicted molar refractivity (Wildman–Crippen MR) is 100 cm³/mol. The fourth-order valence-corrected chi connectivity index (χ4v) is 4.17. The maximum absolute atomic E-state index is 12.4. The number of aliphatic imine (C=N–C) groups is 1. The summed E-state index contributed by atoms with van der Waals surface area (Å²) < 4.78 is 0. The number of carbonyl (C=O) groups excluding carboxylic acids is 1. The van der Waals surface area contributed by atoms with E-state index in [0.717, 1.165) is 31.9 Å². The number of carbonyl (C=O) groups is 1. The summed E-state index contributed by atoms with van der Waals surface area (Å²) in [5, 5.41) is 6.79. The zero-order valence-electron chi connectivity index (χ0n) is 15.9. The van der Waals surface area contributed by atoms with E-state index in [4.69, 9.17) is 0 Å². The SMILES string of the molecule is CCC1(CNC(=NC)NCCC(=O)N2CCCCC2C)CCCC1. The van der Waals surface area contributed by atoms with Crippen LogP contribution < -0.4 is 10.6 Å². The minimum absolute atomic E-state index is 0.269. The molecule has 0 aromatic heterocycles. The van der Waals surface area contributed by atoms with Gasteiger partial charge in [-0.05, 0) is 50.9 Å². The molecule has 1 aliphatic heterocycles. The number of amides is 1. The fourth-order valence-electron chi connectivity index (χ4n) is 4.17. The molecular weight excluding hydrogens is 300 g/mol. The Morgan fingerprint density at radius 1 is 1.21 bits per heavy atom. The smallest absolute Gasteiger partial charge is 0.224 e. The van der Waals surface area contributed by atoms with Crippen molar-refractivity contribution in [1.29, 1.82) is 0 Å². The van der Waals surface area contributed by atoms with E-state index in [9.17, 15) is 4.79 Å². The third kappa shape index (κ3) is 5.12. The summed E-state index contributed by atoms with van der Waals surface area (Å²) in [7, 11) is 1.80. The van der Waals surface area contributed by atoms with Gasteiger partial charge in [0.1, 0.15) is 0 Å². The van der Waals surface area contributed by atoms with Gasteiger partial charge in [0.25, 0.3) is 0 Å². The summed E-state index contributed by atoms with van der Waals surface area (Å²) in [5.41, 5.74) is 0.441. The second-order valence-corrected chi connectivity index (χ2v) is 7.60. The van der Waals surface area contributed by atoms with Crippen molar-refractivity contribution >= 4 is 11.9 Å². The Hall–Kier alpha value is -1.26. The molecule has 1 atom stereocenters. The van der Waals surface area contributed by atoms with Gasteiger partial charge in [0.05, 0.1) is 0 Å². The van der Waals surface area contributed by atoms with E-state index in [-0.39, 0.29) is 5.91 Å². The molecule has 1 amide bonds.